The number of aromatic nitrogens is 1. The van der Waals surface area contributed by atoms with Crippen LogP contribution in [0.3, 0.4) is 0 Å². The summed E-state index contributed by atoms with van der Waals surface area (Å²) in [6.07, 6.45) is 1.28. The van der Waals surface area contributed by atoms with Crippen molar-refractivity contribution in [3.05, 3.63) is 53.7 Å². The average Bonchev–Trinajstić information content (AvgIpc) is 2.43. The molecule has 8 heteroatoms. The summed E-state index contributed by atoms with van der Waals surface area (Å²) in [6, 6.07) is 8.67. The van der Waals surface area contributed by atoms with Gasteiger partial charge in [-0.25, -0.2) is 9.29 Å². The first kappa shape index (κ1) is 16.3. The number of para-hydroxylation sites is 1. The number of nitrogens with zero attached hydrogens (tertiary/aromatic N) is 2. The first-order valence-electron chi connectivity index (χ1n) is 6.25. The van der Waals surface area contributed by atoms with E-state index in [4.69, 9.17) is 0 Å². The highest BCUT2D eigenvalue weighted by Gasteiger charge is 2.51. The summed E-state index contributed by atoms with van der Waals surface area (Å²) in [6.45, 7) is 3.20. The molecule has 0 bridgehead atoms. The molecule has 4 nitrogen and oxygen atoms in total. The number of hydrogen-bond acceptors (Lipinski definition) is 3. The third kappa shape index (κ3) is 2.78. The van der Waals surface area contributed by atoms with Gasteiger partial charge >= 0.3 is 15.5 Å². The van der Waals surface area contributed by atoms with Crippen LogP contribution in [0.2, 0.25) is 0 Å². The Kier molecular flexibility index (Phi) is 4.15. The second kappa shape index (κ2) is 5.60. The molecule has 0 spiro atoms. The molecule has 0 saturated heterocycles. The van der Waals surface area contributed by atoms with Gasteiger partial charge in [0.25, 0.3) is 0 Å². The number of pyridine rings is 1. The molecule has 0 atom stereocenters. The van der Waals surface area contributed by atoms with Gasteiger partial charge < -0.3 is 0 Å². The molecule has 0 aliphatic heterocycles. The van der Waals surface area contributed by atoms with E-state index in [-0.39, 0.29) is 15.8 Å². The first-order chi connectivity index (χ1) is 10.2. The minimum absolute atomic E-state index is 0.124. The number of hydrogen-bond donors (Lipinski definition) is 0. The summed E-state index contributed by atoms with van der Waals surface area (Å²) in [5, 5.41) is 0. The standard InChI is InChI=1S/C14H13F3N2O2S/c1-10-8-9-18-13(11(10)2)19(12-6-4-3-5-7-12)22(20,21)14(15,16)17/h3-9H,1-2H3. The van der Waals surface area contributed by atoms with Crippen LogP contribution in [0.1, 0.15) is 11.1 Å². The molecule has 1 aromatic heterocycles. The molecule has 0 aliphatic carbocycles. The second-order valence-electron chi connectivity index (χ2n) is 4.63. The zero-order chi connectivity index (χ0) is 16.5. The smallest absolute Gasteiger partial charge is 0.238 e. The monoisotopic (exact) mass is 330 g/mol. The van der Waals surface area contributed by atoms with Crippen molar-refractivity contribution in [1.82, 2.24) is 4.98 Å². The van der Waals surface area contributed by atoms with Crippen molar-refractivity contribution in [2.75, 3.05) is 4.31 Å². The molecule has 0 aliphatic rings. The molecule has 118 valence electrons. The molecular weight excluding hydrogens is 317 g/mol. The molecule has 22 heavy (non-hydrogen) atoms. The lowest BCUT2D eigenvalue weighted by molar-refractivity contribution is -0.0435. The quantitative estimate of drug-likeness (QED) is 0.862. The molecule has 0 fully saturated rings. The molecule has 0 radical (unpaired) electrons. The lowest BCUT2D eigenvalue weighted by Crippen LogP contribution is -2.38. The van der Waals surface area contributed by atoms with Gasteiger partial charge in [-0.3, -0.25) is 0 Å². The van der Waals surface area contributed by atoms with Crippen LogP contribution in [-0.4, -0.2) is 18.9 Å². The lowest BCUT2D eigenvalue weighted by Gasteiger charge is -2.26. The average molecular weight is 330 g/mol. The third-order valence-electron chi connectivity index (χ3n) is 3.16. The number of benzene rings is 1. The van der Waals surface area contributed by atoms with E-state index in [9.17, 15) is 21.6 Å². The van der Waals surface area contributed by atoms with E-state index in [1.807, 2.05) is 0 Å². The number of alkyl halides is 3. The highest BCUT2D eigenvalue weighted by Crippen LogP contribution is 2.37. The van der Waals surface area contributed by atoms with Crippen LogP contribution in [0.5, 0.6) is 0 Å². The van der Waals surface area contributed by atoms with Gasteiger partial charge in [-0.2, -0.15) is 21.6 Å². The van der Waals surface area contributed by atoms with Crippen molar-refractivity contribution in [1.29, 1.82) is 0 Å². The normalized spacial score (nSPS) is 12.2. The molecule has 2 aromatic rings. The number of halogens is 3. The summed E-state index contributed by atoms with van der Waals surface area (Å²) >= 11 is 0. The number of rotatable bonds is 3. The van der Waals surface area contributed by atoms with Crippen molar-refractivity contribution < 1.29 is 21.6 Å². The fraction of sp³-hybridized carbons (Fsp3) is 0.214. The van der Waals surface area contributed by atoms with Gasteiger partial charge in [0.05, 0.1) is 5.69 Å². The van der Waals surface area contributed by atoms with Crippen molar-refractivity contribution in [2.45, 2.75) is 19.4 Å². The van der Waals surface area contributed by atoms with Crippen LogP contribution in [0.15, 0.2) is 42.6 Å². The Morgan fingerprint density at radius 1 is 1.05 bits per heavy atom. The third-order valence-corrected chi connectivity index (χ3v) is 4.61. The Bertz CT molecular complexity index is 774. The van der Waals surface area contributed by atoms with Crippen LogP contribution in [0.25, 0.3) is 0 Å². The van der Waals surface area contributed by atoms with E-state index in [2.05, 4.69) is 4.98 Å². The Morgan fingerprint density at radius 3 is 2.18 bits per heavy atom. The molecule has 0 saturated carbocycles. The Balaban J connectivity index is 2.76. The summed E-state index contributed by atoms with van der Waals surface area (Å²) in [7, 11) is -5.61. The minimum atomic E-state index is -5.61. The molecular formula is C14H13F3N2O2S. The number of anilines is 2. The number of sulfonamides is 1. The van der Waals surface area contributed by atoms with E-state index in [0.717, 1.165) is 0 Å². The fourth-order valence-electron chi connectivity index (χ4n) is 1.86. The van der Waals surface area contributed by atoms with Gasteiger partial charge in [0.1, 0.15) is 5.82 Å². The van der Waals surface area contributed by atoms with Gasteiger partial charge in [-0.1, -0.05) is 18.2 Å². The maximum absolute atomic E-state index is 13.0. The van der Waals surface area contributed by atoms with Crippen molar-refractivity contribution >= 4 is 21.5 Å². The molecule has 0 amide bonds. The maximum atomic E-state index is 13.0. The topological polar surface area (TPSA) is 50.3 Å². The van der Waals surface area contributed by atoms with Crippen LogP contribution in [-0.2, 0) is 10.0 Å². The zero-order valence-corrected chi connectivity index (χ0v) is 12.6. The summed E-state index contributed by atoms with van der Waals surface area (Å²) in [5.74, 6) is -0.261. The second-order valence-corrected chi connectivity index (χ2v) is 6.41. The maximum Gasteiger partial charge on any atom is 0.517 e. The molecule has 1 aromatic carbocycles. The van der Waals surface area contributed by atoms with Gasteiger partial charge in [-0.05, 0) is 43.2 Å². The predicted molar refractivity (Wildman–Crippen MR) is 77.3 cm³/mol. The van der Waals surface area contributed by atoms with Gasteiger partial charge in [0, 0.05) is 6.20 Å². The highest BCUT2D eigenvalue weighted by molar-refractivity contribution is 7.94. The largest absolute Gasteiger partial charge is 0.517 e. The van der Waals surface area contributed by atoms with Crippen LogP contribution >= 0.6 is 0 Å². The Labute approximate surface area is 126 Å². The van der Waals surface area contributed by atoms with E-state index >= 15 is 0 Å². The molecule has 0 unspecified atom stereocenters. The highest BCUT2D eigenvalue weighted by atomic mass is 32.2. The Hall–Kier alpha value is -2.09. The van der Waals surface area contributed by atoms with Crippen molar-refractivity contribution in [3.8, 4) is 0 Å². The van der Waals surface area contributed by atoms with E-state index in [0.29, 0.717) is 11.1 Å². The molecule has 2 rings (SSSR count). The molecule has 1 heterocycles. The SMILES string of the molecule is Cc1ccnc(N(c2ccccc2)S(=O)(=O)C(F)(F)F)c1C. The van der Waals surface area contributed by atoms with Gasteiger partial charge in [0.2, 0.25) is 0 Å². The Morgan fingerprint density at radius 2 is 1.64 bits per heavy atom. The zero-order valence-electron chi connectivity index (χ0n) is 11.8. The summed E-state index contributed by atoms with van der Waals surface area (Å²) in [5.41, 5.74) is -4.55. The van der Waals surface area contributed by atoms with E-state index in [1.54, 1.807) is 19.1 Å². The number of aryl methyl sites for hydroxylation is 1. The van der Waals surface area contributed by atoms with Crippen LogP contribution < -0.4 is 4.31 Å². The van der Waals surface area contributed by atoms with Crippen molar-refractivity contribution in [2.24, 2.45) is 0 Å². The van der Waals surface area contributed by atoms with Crippen LogP contribution in [0.4, 0.5) is 24.7 Å². The summed E-state index contributed by atoms with van der Waals surface area (Å²) in [4.78, 5) is 3.84. The van der Waals surface area contributed by atoms with E-state index < -0.39 is 15.5 Å². The lowest BCUT2D eigenvalue weighted by atomic mass is 10.1. The predicted octanol–water partition coefficient (Wildman–Crippen LogP) is 3.69. The van der Waals surface area contributed by atoms with Gasteiger partial charge in [-0.15, -0.1) is 0 Å². The molecule has 0 N–H and O–H groups in total. The summed E-state index contributed by atoms with van der Waals surface area (Å²) < 4.78 is 63.3. The van der Waals surface area contributed by atoms with E-state index in [1.165, 1.54) is 37.4 Å². The minimum Gasteiger partial charge on any atom is -0.238 e. The van der Waals surface area contributed by atoms with Gasteiger partial charge in [0.15, 0.2) is 0 Å². The van der Waals surface area contributed by atoms with Crippen molar-refractivity contribution in [3.63, 3.8) is 0 Å². The fourth-order valence-corrected chi connectivity index (χ4v) is 2.88. The van der Waals surface area contributed by atoms with Crippen LogP contribution in [0, 0.1) is 13.8 Å². The first-order valence-corrected chi connectivity index (χ1v) is 7.69.